The number of carboxylic acid groups (broad SMARTS) is 1. The van der Waals surface area contributed by atoms with Crippen LogP contribution in [-0.2, 0) is 4.79 Å². The summed E-state index contributed by atoms with van der Waals surface area (Å²) in [6, 6.07) is 8.45. The van der Waals surface area contributed by atoms with Gasteiger partial charge in [0, 0.05) is 22.4 Å². The van der Waals surface area contributed by atoms with Crippen LogP contribution >= 0.6 is 11.8 Å². The van der Waals surface area contributed by atoms with Crippen molar-refractivity contribution in [3.8, 4) is 0 Å². The number of hydrogen-bond acceptors (Lipinski definition) is 3. The van der Waals surface area contributed by atoms with Crippen LogP contribution in [0.2, 0.25) is 0 Å². The normalized spacial score (nSPS) is 22.2. The van der Waals surface area contributed by atoms with Gasteiger partial charge in [-0.25, -0.2) is 0 Å². The van der Waals surface area contributed by atoms with E-state index in [4.69, 9.17) is 5.11 Å². The summed E-state index contributed by atoms with van der Waals surface area (Å²) < 4.78 is 0. The van der Waals surface area contributed by atoms with Crippen LogP contribution in [-0.4, -0.2) is 22.9 Å². The number of para-hydroxylation sites is 1. The SMILES string of the molecule is C=CCSc1ccccc1NC1CCCC(C(=O)O)C1. The summed E-state index contributed by atoms with van der Waals surface area (Å²) in [5.41, 5.74) is 1.11. The van der Waals surface area contributed by atoms with Crippen molar-refractivity contribution < 1.29 is 9.90 Å². The van der Waals surface area contributed by atoms with Gasteiger partial charge in [0.1, 0.15) is 0 Å². The van der Waals surface area contributed by atoms with Crippen LogP contribution in [0, 0.1) is 5.92 Å². The zero-order chi connectivity index (χ0) is 14.4. The lowest BCUT2D eigenvalue weighted by molar-refractivity contribution is -0.142. The number of benzene rings is 1. The van der Waals surface area contributed by atoms with E-state index in [2.05, 4.69) is 24.0 Å². The average molecular weight is 291 g/mol. The number of carbonyl (C=O) groups is 1. The highest BCUT2D eigenvalue weighted by Crippen LogP contribution is 2.31. The van der Waals surface area contributed by atoms with Crippen LogP contribution < -0.4 is 5.32 Å². The zero-order valence-corrected chi connectivity index (χ0v) is 12.4. The first kappa shape index (κ1) is 15.0. The summed E-state index contributed by atoms with van der Waals surface area (Å²) in [5.74, 6) is 0.0150. The van der Waals surface area contributed by atoms with E-state index in [1.807, 2.05) is 18.2 Å². The Bertz CT molecular complexity index is 475. The largest absolute Gasteiger partial charge is 0.481 e. The highest BCUT2D eigenvalue weighted by Gasteiger charge is 2.27. The van der Waals surface area contributed by atoms with E-state index in [1.54, 1.807) is 11.8 Å². The fraction of sp³-hybridized carbons (Fsp3) is 0.438. The minimum Gasteiger partial charge on any atom is -0.481 e. The molecule has 3 nitrogen and oxygen atoms in total. The molecule has 1 aromatic carbocycles. The molecular weight excluding hydrogens is 270 g/mol. The molecule has 2 rings (SSSR count). The molecule has 4 heteroatoms. The summed E-state index contributed by atoms with van der Waals surface area (Å²) in [7, 11) is 0. The first-order chi connectivity index (χ1) is 9.70. The first-order valence-electron chi connectivity index (χ1n) is 7.02. The average Bonchev–Trinajstić information content (AvgIpc) is 2.46. The molecule has 1 saturated carbocycles. The topological polar surface area (TPSA) is 49.3 Å². The summed E-state index contributed by atoms with van der Waals surface area (Å²) >= 11 is 1.75. The van der Waals surface area contributed by atoms with Crippen molar-refractivity contribution in [3.05, 3.63) is 36.9 Å². The van der Waals surface area contributed by atoms with Gasteiger partial charge < -0.3 is 10.4 Å². The number of nitrogens with one attached hydrogen (secondary N) is 1. The monoisotopic (exact) mass is 291 g/mol. The molecule has 0 amide bonds. The van der Waals surface area contributed by atoms with Crippen LogP contribution in [0.15, 0.2) is 41.8 Å². The quantitative estimate of drug-likeness (QED) is 0.614. The predicted octanol–water partition coefficient (Wildman–Crippen LogP) is 4.02. The van der Waals surface area contributed by atoms with Gasteiger partial charge in [0.15, 0.2) is 0 Å². The highest BCUT2D eigenvalue weighted by molar-refractivity contribution is 7.99. The molecule has 0 spiro atoms. The van der Waals surface area contributed by atoms with Gasteiger partial charge in [0.05, 0.1) is 5.92 Å². The second kappa shape index (κ2) is 7.39. The Morgan fingerprint density at radius 3 is 3.00 bits per heavy atom. The maximum atomic E-state index is 11.1. The van der Waals surface area contributed by atoms with E-state index in [0.29, 0.717) is 0 Å². The fourth-order valence-electron chi connectivity index (χ4n) is 2.63. The minimum atomic E-state index is -0.661. The van der Waals surface area contributed by atoms with Crippen LogP contribution in [0.1, 0.15) is 25.7 Å². The second-order valence-electron chi connectivity index (χ2n) is 5.14. The molecule has 0 bridgehead atoms. The summed E-state index contributed by atoms with van der Waals surface area (Å²) in [6.07, 6.45) is 5.44. The standard InChI is InChI=1S/C16H21NO2S/c1-2-10-20-15-9-4-3-8-14(15)17-13-7-5-6-12(11-13)16(18)19/h2-4,8-9,12-13,17H,1,5-7,10-11H2,(H,18,19). The Hall–Kier alpha value is -1.42. The van der Waals surface area contributed by atoms with Crippen LogP contribution in [0.25, 0.3) is 0 Å². The van der Waals surface area contributed by atoms with Crippen molar-refractivity contribution in [2.24, 2.45) is 5.92 Å². The molecule has 0 heterocycles. The Labute approximate surface area is 124 Å². The van der Waals surface area contributed by atoms with Gasteiger partial charge in [0.25, 0.3) is 0 Å². The van der Waals surface area contributed by atoms with Gasteiger partial charge in [-0.1, -0.05) is 24.6 Å². The number of hydrogen-bond donors (Lipinski definition) is 2. The Balaban J connectivity index is 2.01. The summed E-state index contributed by atoms with van der Waals surface area (Å²) in [5, 5.41) is 12.7. The van der Waals surface area contributed by atoms with E-state index in [0.717, 1.165) is 37.1 Å². The van der Waals surface area contributed by atoms with E-state index in [-0.39, 0.29) is 12.0 Å². The molecule has 1 fully saturated rings. The van der Waals surface area contributed by atoms with Gasteiger partial charge in [-0.15, -0.1) is 18.3 Å². The van der Waals surface area contributed by atoms with Gasteiger partial charge in [-0.05, 0) is 31.4 Å². The van der Waals surface area contributed by atoms with Gasteiger partial charge >= 0.3 is 5.97 Å². The second-order valence-corrected chi connectivity index (χ2v) is 6.20. The molecule has 108 valence electrons. The van der Waals surface area contributed by atoms with Crippen LogP contribution in [0.4, 0.5) is 5.69 Å². The molecule has 0 aromatic heterocycles. The lowest BCUT2D eigenvalue weighted by atomic mass is 9.85. The molecule has 20 heavy (non-hydrogen) atoms. The number of carboxylic acids is 1. The van der Waals surface area contributed by atoms with Gasteiger partial charge in [-0.2, -0.15) is 0 Å². The van der Waals surface area contributed by atoms with E-state index in [1.165, 1.54) is 4.90 Å². The molecule has 1 aliphatic carbocycles. The molecule has 0 saturated heterocycles. The number of thioether (sulfide) groups is 1. The Kier molecular flexibility index (Phi) is 5.53. The number of rotatable bonds is 6. The molecule has 2 N–H and O–H groups in total. The predicted molar refractivity (Wildman–Crippen MR) is 84.4 cm³/mol. The fourth-order valence-corrected chi connectivity index (χ4v) is 3.38. The van der Waals surface area contributed by atoms with Gasteiger partial charge in [0.2, 0.25) is 0 Å². The van der Waals surface area contributed by atoms with Gasteiger partial charge in [-0.3, -0.25) is 4.79 Å². The molecule has 0 aliphatic heterocycles. The maximum Gasteiger partial charge on any atom is 0.306 e. The van der Waals surface area contributed by atoms with E-state index < -0.39 is 5.97 Å². The van der Waals surface area contributed by atoms with Crippen molar-refractivity contribution in [1.29, 1.82) is 0 Å². The minimum absolute atomic E-state index is 0.200. The third-order valence-electron chi connectivity index (χ3n) is 3.63. The number of aliphatic carboxylic acids is 1. The Morgan fingerprint density at radius 2 is 2.25 bits per heavy atom. The highest BCUT2D eigenvalue weighted by atomic mass is 32.2. The third kappa shape index (κ3) is 4.04. The Morgan fingerprint density at radius 1 is 1.45 bits per heavy atom. The van der Waals surface area contributed by atoms with Crippen molar-refractivity contribution >= 4 is 23.4 Å². The van der Waals surface area contributed by atoms with E-state index >= 15 is 0 Å². The lowest BCUT2D eigenvalue weighted by Crippen LogP contribution is -2.31. The van der Waals surface area contributed by atoms with Crippen LogP contribution in [0.3, 0.4) is 0 Å². The van der Waals surface area contributed by atoms with Crippen molar-refractivity contribution in [3.63, 3.8) is 0 Å². The first-order valence-corrected chi connectivity index (χ1v) is 8.01. The van der Waals surface area contributed by atoms with E-state index in [9.17, 15) is 4.79 Å². The molecule has 1 aliphatic rings. The summed E-state index contributed by atoms with van der Waals surface area (Å²) in [4.78, 5) is 12.3. The van der Waals surface area contributed by atoms with Crippen molar-refractivity contribution in [2.45, 2.75) is 36.6 Å². The zero-order valence-electron chi connectivity index (χ0n) is 11.5. The maximum absolute atomic E-state index is 11.1. The molecular formula is C16H21NO2S. The summed E-state index contributed by atoms with van der Waals surface area (Å²) in [6.45, 7) is 3.74. The van der Waals surface area contributed by atoms with Crippen molar-refractivity contribution in [1.82, 2.24) is 0 Å². The number of anilines is 1. The van der Waals surface area contributed by atoms with Crippen molar-refractivity contribution in [2.75, 3.05) is 11.1 Å². The lowest BCUT2D eigenvalue weighted by Gasteiger charge is -2.28. The third-order valence-corrected chi connectivity index (χ3v) is 4.70. The molecule has 0 radical (unpaired) electrons. The molecule has 1 aromatic rings. The smallest absolute Gasteiger partial charge is 0.306 e. The molecule has 2 atom stereocenters. The molecule has 2 unspecified atom stereocenters. The van der Waals surface area contributed by atoms with Crippen LogP contribution in [0.5, 0.6) is 0 Å².